The van der Waals surface area contributed by atoms with Crippen LogP contribution in [-0.4, -0.2) is 75.6 Å². The van der Waals surface area contributed by atoms with Crippen LogP contribution in [0.25, 0.3) is 0 Å². The van der Waals surface area contributed by atoms with Crippen LogP contribution in [0.2, 0.25) is 0 Å². The lowest BCUT2D eigenvalue weighted by Crippen LogP contribution is -2.44. The van der Waals surface area contributed by atoms with Gasteiger partial charge in [0.2, 0.25) is 17.7 Å². The van der Waals surface area contributed by atoms with Gasteiger partial charge in [0.25, 0.3) is 0 Å². The number of carbonyl (C=O) groups excluding carboxylic acids is 3. The first kappa shape index (κ1) is 31.2. The van der Waals surface area contributed by atoms with Gasteiger partial charge in [0.1, 0.15) is 18.1 Å². The summed E-state index contributed by atoms with van der Waals surface area (Å²) < 4.78 is 0. The van der Waals surface area contributed by atoms with Crippen LogP contribution in [0, 0.1) is 0 Å². The lowest BCUT2D eigenvalue weighted by atomic mass is 10.1. The Morgan fingerprint density at radius 1 is 0.676 bits per heavy atom. The molecule has 0 spiro atoms. The van der Waals surface area contributed by atoms with E-state index in [1.54, 1.807) is 6.92 Å². The molecule has 0 aromatic rings. The van der Waals surface area contributed by atoms with Gasteiger partial charge in [-0.05, 0) is 38.5 Å². The molecule has 1 unspecified atom stereocenters. The Kier molecular flexibility index (Phi) is 16.2. The molecule has 14 heteroatoms. The van der Waals surface area contributed by atoms with Crippen molar-refractivity contribution in [1.29, 1.82) is 0 Å². The fourth-order valence-corrected chi connectivity index (χ4v) is 3.20. The van der Waals surface area contributed by atoms with Crippen molar-refractivity contribution in [3.8, 4) is 0 Å². The minimum Gasteiger partial charge on any atom is -0.480 e. The third-order valence-corrected chi connectivity index (χ3v) is 5.21. The summed E-state index contributed by atoms with van der Waals surface area (Å²) >= 11 is 0. The number of amides is 3. The predicted octanol–water partition coefficient (Wildman–Crippen LogP) is -0.395. The predicted molar refractivity (Wildman–Crippen MR) is 124 cm³/mol. The quantitative estimate of drug-likeness (QED) is 0.0890. The highest BCUT2D eigenvalue weighted by atomic mass is 31.0. The highest BCUT2D eigenvalue weighted by molar-refractivity contribution is 7.13. The molecule has 0 aliphatic carbocycles. The molecule has 4 atom stereocenters. The Hall–Kier alpha value is -2.79. The first-order valence-corrected chi connectivity index (χ1v) is 11.6. The summed E-state index contributed by atoms with van der Waals surface area (Å²) in [6.07, 6.45) is 1.31. The molecule has 34 heavy (non-hydrogen) atoms. The van der Waals surface area contributed by atoms with Gasteiger partial charge in [-0.25, -0.2) is 9.59 Å². The number of carboxylic acid groups (broad SMARTS) is 3. The van der Waals surface area contributed by atoms with Crippen LogP contribution in [-0.2, 0) is 28.8 Å². The van der Waals surface area contributed by atoms with Gasteiger partial charge in [-0.15, -0.1) is 0 Å². The molecule has 0 aromatic heterocycles. The van der Waals surface area contributed by atoms with E-state index >= 15 is 0 Å². The highest BCUT2D eigenvalue weighted by Crippen LogP contribution is 2.05. The summed E-state index contributed by atoms with van der Waals surface area (Å²) in [4.78, 5) is 69.1. The molecule has 7 N–H and O–H groups in total. The van der Waals surface area contributed by atoms with E-state index in [0.717, 1.165) is 0 Å². The molecular formula is C20H35N4O9P. The van der Waals surface area contributed by atoms with Crippen LogP contribution < -0.4 is 21.0 Å². The number of carbonyl (C=O) groups is 6. The van der Waals surface area contributed by atoms with E-state index in [1.165, 1.54) is 0 Å². The Bertz CT molecular complexity index is 720. The van der Waals surface area contributed by atoms with Gasteiger partial charge in [-0.2, -0.15) is 0 Å². The van der Waals surface area contributed by atoms with Gasteiger partial charge in [-0.1, -0.05) is 16.3 Å². The lowest BCUT2D eigenvalue weighted by Gasteiger charge is -2.17. The number of unbranched alkanes of at least 4 members (excludes halogenated alkanes) is 1. The monoisotopic (exact) mass is 506 g/mol. The first-order valence-electron chi connectivity index (χ1n) is 11.0. The molecule has 0 aliphatic rings. The van der Waals surface area contributed by atoms with E-state index in [9.17, 15) is 39.0 Å². The molecular weight excluding hydrogens is 471 g/mol. The number of hydrogen-bond donors (Lipinski definition) is 7. The maximum absolute atomic E-state index is 12.1. The molecule has 13 nitrogen and oxygen atoms in total. The zero-order valence-corrected chi connectivity index (χ0v) is 20.3. The van der Waals surface area contributed by atoms with Crippen LogP contribution in [0.15, 0.2) is 0 Å². The maximum atomic E-state index is 12.1. The van der Waals surface area contributed by atoms with Crippen LogP contribution >= 0.6 is 9.39 Å². The Labute approximate surface area is 200 Å². The van der Waals surface area contributed by atoms with Crippen molar-refractivity contribution in [2.75, 3.05) is 6.54 Å². The number of hydrogen-bond acceptors (Lipinski definition) is 7. The summed E-state index contributed by atoms with van der Waals surface area (Å²) in [5.41, 5.74) is 0. The van der Waals surface area contributed by atoms with Gasteiger partial charge < -0.3 is 31.3 Å². The minimum atomic E-state index is -1.34. The molecule has 0 fully saturated rings. The van der Waals surface area contributed by atoms with Crippen molar-refractivity contribution in [3.05, 3.63) is 0 Å². The SMILES string of the molecule is CCCC(=O)N[C@@H](CCC(=O)N[C@@H](CCC(=O)NCCCC[C@H](NP)C(=O)O)C(=O)O)C(=O)O. The maximum Gasteiger partial charge on any atom is 0.326 e. The smallest absolute Gasteiger partial charge is 0.326 e. The van der Waals surface area contributed by atoms with Crippen LogP contribution in [0.1, 0.15) is 64.7 Å². The van der Waals surface area contributed by atoms with Crippen molar-refractivity contribution < 1.29 is 44.1 Å². The van der Waals surface area contributed by atoms with E-state index in [2.05, 4.69) is 30.4 Å². The fourth-order valence-electron chi connectivity index (χ4n) is 2.89. The van der Waals surface area contributed by atoms with Gasteiger partial charge in [0, 0.05) is 25.8 Å². The number of carboxylic acids is 3. The number of nitrogens with one attached hydrogen (secondary N) is 4. The summed E-state index contributed by atoms with van der Waals surface area (Å²) in [5, 5.41) is 37.2. The third kappa shape index (κ3) is 14.4. The van der Waals surface area contributed by atoms with E-state index < -0.39 is 53.8 Å². The largest absolute Gasteiger partial charge is 0.480 e. The van der Waals surface area contributed by atoms with Crippen molar-refractivity contribution in [2.45, 2.75) is 82.8 Å². The van der Waals surface area contributed by atoms with Crippen LogP contribution in [0.4, 0.5) is 0 Å². The summed E-state index contributed by atoms with van der Waals surface area (Å²) in [6.45, 7) is 2.06. The zero-order chi connectivity index (χ0) is 26.1. The second kappa shape index (κ2) is 17.7. The Morgan fingerprint density at radius 3 is 1.59 bits per heavy atom. The number of rotatable bonds is 19. The second-order valence-electron chi connectivity index (χ2n) is 7.65. The van der Waals surface area contributed by atoms with Gasteiger partial charge in [-0.3, -0.25) is 24.3 Å². The van der Waals surface area contributed by atoms with Gasteiger partial charge in [0.05, 0.1) is 0 Å². The van der Waals surface area contributed by atoms with Crippen molar-refractivity contribution in [3.63, 3.8) is 0 Å². The molecule has 0 aromatic carbocycles. The standard InChI is InChI=1S/C20H35N4O9P/c1-2-5-16(26)22-13(19(30)31)8-10-17(27)23-12(18(28)29)7-9-15(25)21-11-4-3-6-14(24-34)20(32)33/h12-14,24H,2-11,34H2,1H3,(H,21,25)(H,22,26)(H,23,27)(H,28,29)(H,30,31)(H,32,33)/t12-,13-,14-/m0/s1. The summed E-state index contributed by atoms with van der Waals surface area (Å²) in [5.74, 6) is -5.18. The molecule has 0 saturated heterocycles. The summed E-state index contributed by atoms with van der Waals surface area (Å²) in [6, 6.07) is -3.30. The molecule has 0 bridgehead atoms. The molecule has 194 valence electrons. The van der Waals surface area contributed by atoms with E-state index in [-0.39, 0.29) is 32.1 Å². The third-order valence-electron chi connectivity index (χ3n) is 4.80. The summed E-state index contributed by atoms with van der Waals surface area (Å²) in [7, 11) is 2.14. The highest BCUT2D eigenvalue weighted by Gasteiger charge is 2.24. The van der Waals surface area contributed by atoms with Crippen LogP contribution in [0.3, 0.4) is 0 Å². The molecule has 0 saturated carbocycles. The molecule has 0 heterocycles. The average Bonchev–Trinajstić information content (AvgIpc) is 2.75. The topological polar surface area (TPSA) is 211 Å². The van der Waals surface area contributed by atoms with E-state index in [4.69, 9.17) is 5.11 Å². The van der Waals surface area contributed by atoms with Crippen molar-refractivity contribution >= 4 is 45.0 Å². The van der Waals surface area contributed by atoms with Crippen molar-refractivity contribution in [1.82, 2.24) is 21.0 Å². The molecule has 0 aliphatic heterocycles. The first-order chi connectivity index (χ1) is 16.0. The van der Waals surface area contributed by atoms with Crippen molar-refractivity contribution in [2.24, 2.45) is 0 Å². The van der Waals surface area contributed by atoms with E-state index in [1.807, 2.05) is 0 Å². The van der Waals surface area contributed by atoms with Crippen LogP contribution in [0.5, 0.6) is 0 Å². The minimum absolute atomic E-state index is 0.150. The van der Waals surface area contributed by atoms with Gasteiger partial charge >= 0.3 is 17.9 Å². The molecule has 3 amide bonds. The zero-order valence-electron chi connectivity index (χ0n) is 19.2. The Balaban J connectivity index is 4.39. The molecule has 0 rings (SSSR count). The number of aliphatic carboxylic acids is 3. The normalized spacial score (nSPS) is 13.2. The fraction of sp³-hybridized carbons (Fsp3) is 0.700. The lowest BCUT2D eigenvalue weighted by molar-refractivity contribution is -0.143. The Morgan fingerprint density at radius 2 is 1.15 bits per heavy atom. The average molecular weight is 506 g/mol. The second-order valence-corrected chi connectivity index (χ2v) is 7.98. The van der Waals surface area contributed by atoms with E-state index in [0.29, 0.717) is 32.2 Å². The molecule has 0 radical (unpaired) electrons. The van der Waals surface area contributed by atoms with Gasteiger partial charge in [0.15, 0.2) is 0 Å².